The van der Waals surface area contributed by atoms with Crippen molar-refractivity contribution in [1.82, 2.24) is 0 Å². The van der Waals surface area contributed by atoms with Gasteiger partial charge in [0.25, 0.3) is 0 Å². The standard InChI is InChI=1S/C8H14O2S/c1-7(9)3-5-11-6-4-8(2)10/h3-6H2,1-2H3. The summed E-state index contributed by atoms with van der Waals surface area (Å²) in [6, 6.07) is 0. The number of hydrogen-bond acceptors (Lipinski definition) is 3. The Hall–Kier alpha value is -0.310. The highest BCUT2D eigenvalue weighted by molar-refractivity contribution is 7.99. The molecule has 0 rings (SSSR count). The summed E-state index contributed by atoms with van der Waals surface area (Å²) < 4.78 is 0. The molecule has 0 aromatic heterocycles. The molecule has 0 heterocycles. The highest BCUT2D eigenvalue weighted by Crippen LogP contribution is 2.04. The number of hydrogen-bond donors (Lipinski definition) is 0. The zero-order valence-electron chi connectivity index (χ0n) is 7.05. The molecule has 0 aliphatic heterocycles. The van der Waals surface area contributed by atoms with Gasteiger partial charge in [-0.05, 0) is 13.8 Å². The normalized spacial score (nSPS) is 9.64. The summed E-state index contributed by atoms with van der Waals surface area (Å²) in [5, 5.41) is 0. The Kier molecular flexibility index (Phi) is 6.22. The van der Waals surface area contributed by atoms with Crippen molar-refractivity contribution in [2.75, 3.05) is 11.5 Å². The molecule has 0 aromatic rings. The fraction of sp³-hybridized carbons (Fsp3) is 0.750. The van der Waals surface area contributed by atoms with Crippen LogP contribution >= 0.6 is 11.8 Å². The Morgan fingerprint density at radius 3 is 1.64 bits per heavy atom. The van der Waals surface area contributed by atoms with E-state index in [1.54, 1.807) is 25.6 Å². The first-order chi connectivity index (χ1) is 5.13. The van der Waals surface area contributed by atoms with E-state index in [2.05, 4.69) is 0 Å². The van der Waals surface area contributed by atoms with Crippen LogP contribution in [0.5, 0.6) is 0 Å². The van der Waals surface area contributed by atoms with Crippen LogP contribution in [0, 0.1) is 0 Å². The SMILES string of the molecule is CC(=O)CCSCCC(C)=O. The molecule has 3 heteroatoms. The van der Waals surface area contributed by atoms with E-state index in [1.807, 2.05) is 0 Å². The molecule has 2 nitrogen and oxygen atoms in total. The van der Waals surface area contributed by atoms with Crippen molar-refractivity contribution in [2.45, 2.75) is 26.7 Å². The average molecular weight is 174 g/mol. The van der Waals surface area contributed by atoms with E-state index >= 15 is 0 Å². The maximum atomic E-state index is 10.5. The van der Waals surface area contributed by atoms with Crippen molar-refractivity contribution in [1.29, 1.82) is 0 Å². The minimum Gasteiger partial charge on any atom is -0.300 e. The van der Waals surface area contributed by atoms with Gasteiger partial charge in [-0.1, -0.05) is 0 Å². The minimum atomic E-state index is 0.223. The molecule has 0 saturated heterocycles. The quantitative estimate of drug-likeness (QED) is 0.574. The van der Waals surface area contributed by atoms with Gasteiger partial charge in [-0.3, -0.25) is 9.59 Å². The first-order valence-corrected chi connectivity index (χ1v) is 4.85. The second kappa shape index (κ2) is 6.40. The van der Waals surface area contributed by atoms with Crippen LogP contribution in [0.15, 0.2) is 0 Å². The van der Waals surface area contributed by atoms with Gasteiger partial charge in [0, 0.05) is 24.3 Å². The van der Waals surface area contributed by atoms with E-state index in [9.17, 15) is 9.59 Å². The first-order valence-electron chi connectivity index (χ1n) is 3.69. The average Bonchev–Trinajstić information content (AvgIpc) is 1.85. The molecule has 0 N–H and O–H groups in total. The highest BCUT2D eigenvalue weighted by atomic mass is 32.2. The van der Waals surface area contributed by atoms with Gasteiger partial charge in [0.15, 0.2) is 0 Å². The smallest absolute Gasteiger partial charge is 0.130 e. The predicted octanol–water partition coefficient (Wildman–Crippen LogP) is 1.68. The fourth-order valence-electron chi connectivity index (χ4n) is 0.534. The summed E-state index contributed by atoms with van der Waals surface area (Å²) >= 11 is 1.67. The van der Waals surface area contributed by atoms with Gasteiger partial charge in [-0.15, -0.1) is 0 Å². The Balaban J connectivity index is 3.03. The molecule has 0 amide bonds. The molecule has 11 heavy (non-hydrogen) atoms. The molecule has 0 aliphatic carbocycles. The van der Waals surface area contributed by atoms with Crippen LogP contribution in [0.2, 0.25) is 0 Å². The van der Waals surface area contributed by atoms with E-state index in [1.165, 1.54) is 0 Å². The zero-order valence-corrected chi connectivity index (χ0v) is 7.87. The molecule has 0 bridgehead atoms. The third-order valence-corrected chi connectivity index (χ3v) is 2.18. The van der Waals surface area contributed by atoms with Crippen LogP contribution in [-0.2, 0) is 9.59 Å². The maximum Gasteiger partial charge on any atom is 0.130 e. The van der Waals surface area contributed by atoms with Crippen LogP contribution in [0.4, 0.5) is 0 Å². The Labute approximate surface area is 71.7 Å². The number of Topliss-reactive ketones (excluding diaryl/α,β-unsaturated/α-hetero) is 2. The summed E-state index contributed by atoms with van der Waals surface area (Å²) in [5.74, 6) is 2.14. The molecule has 0 radical (unpaired) electrons. The number of rotatable bonds is 6. The second-order valence-electron chi connectivity index (χ2n) is 2.52. The Morgan fingerprint density at radius 1 is 1.00 bits per heavy atom. The molecular formula is C8H14O2S. The topological polar surface area (TPSA) is 34.1 Å². The lowest BCUT2D eigenvalue weighted by Crippen LogP contribution is -1.95. The predicted molar refractivity (Wildman–Crippen MR) is 47.9 cm³/mol. The second-order valence-corrected chi connectivity index (χ2v) is 3.74. The summed E-state index contributed by atoms with van der Waals surface area (Å²) in [6.45, 7) is 3.18. The van der Waals surface area contributed by atoms with E-state index in [4.69, 9.17) is 0 Å². The minimum absolute atomic E-state index is 0.223. The third kappa shape index (κ3) is 9.69. The summed E-state index contributed by atoms with van der Waals surface area (Å²) in [4.78, 5) is 20.9. The number of carbonyl (C=O) groups excluding carboxylic acids is 2. The van der Waals surface area contributed by atoms with Crippen LogP contribution in [0.25, 0.3) is 0 Å². The van der Waals surface area contributed by atoms with Gasteiger partial charge in [-0.2, -0.15) is 11.8 Å². The molecule has 64 valence electrons. The van der Waals surface area contributed by atoms with Crippen molar-refractivity contribution < 1.29 is 9.59 Å². The van der Waals surface area contributed by atoms with E-state index in [0.717, 1.165) is 11.5 Å². The van der Waals surface area contributed by atoms with Gasteiger partial charge in [-0.25, -0.2) is 0 Å². The largest absolute Gasteiger partial charge is 0.300 e. The van der Waals surface area contributed by atoms with Crippen molar-refractivity contribution >= 4 is 23.3 Å². The summed E-state index contributed by atoms with van der Waals surface area (Å²) in [5.41, 5.74) is 0. The summed E-state index contributed by atoms with van der Waals surface area (Å²) in [6.07, 6.45) is 1.26. The molecule has 0 aliphatic rings. The molecule has 0 fully saturated rings. The molecule has 0 unspecified atom stereocenters. The van der Waals surface area contributed by atoms with Crippen LogP contribution in [0.3, 0.4) is 0 Å². The summed E-state index contributed by atoms with van der Waals surface area (Å²) in [7, 11) is 0. The third-order valence-electron chi connectivity index (χ3n) is 1.20. The molecule has 0 spiro atoms. The van der Waals surface area contributed by atoms with E-state index in [0.29, 0.717) is 12.8 Å². The van der Waals surface area contributed by atoms with Gasteiger partial charge >= 0.3 is 0 Å². The molecule has 0 aromatic carbocycles. The van der Waals surface area contributed by atoms with Gasteiger partial charge < -0.3 is 0 Å². The highest BCUT2D eigenvalue weighted by Gasteiger charge is 1.95. The van der Waals surface area contributed by atoms with Crippen LogP contribution in [-0.4, -0.2) is 23.1 Å². The molecule has 0 atom stereocenters. The lowest BCUT2D eigenvalue weighted by molar-refractivity contribution is -0.117. The maximum absolute atomic E-state index is 10.5. The number of thioether (sulfide) groups is 1. The van der Waals surface area contributed by atoms with Crippen molar-refractivity contribution in [3.05, 3.63) is 0 Å². The monoisotopic (exact) mass is 174 g/mol. The number of ketones is 2. The van der Waals surface area contributed by atoms with E-state index < -0.39 is 0 Å². The van der Waals surface area contributed by atoms with Crippen molar-refractivity contribution in [3.8, 4) is 0 Å². The lowest BCUT2D eigenvalue weighted by atomic mass is 10.3. The Morgan fingerprint density at radius 2 is 1.36 bits per heavy atom. The van der Waals surface area contributed by atoms with Gasteiger partial charge in [0.05, 0.1) is 0 Å². The lowest BCUT2D eigenvalue weighted by Gasteiger charge is -1.96. The van der Waals surface area contributed by atoms with Gasteiger partial charge in [0.2, 0.25) is 0 Å². The van der Waals surface area contributed by atoms with E-state index in [-0.39, 0.29) is 11.6 Å². The Bertz CT molecular complexity index is 127. The fourth-order valence-corrected chi connectivity index (χ4v) is 1.60. The zero-order chi connectivity index (χ0) is 8.69. The first kappa shape index (κ1) is 10.7. The number of carbonyl (C=O) groups is 2. The molecule has 0 saturated carbocycles. The van der Waals surface area contributed by atoms with Crippen LogP contribution < -0.4 is 0 Å². The van der Waals surface area contributed by atoms with Crippen LogP contribution in [0.1, 0.15) is 26.7 Å². The van der Waals surface area contributed by atoms with Gasteiger partial charge in [0.1, 0.15) is 11.6 Å². The van der Waals surface area contributed by atoms with Crippen molar-refractivity contribution in [3.63, 3.8) is 0 Å². The van der Waals surface area contributed by atoms with Crippen molar-refractivity contribution in [2.24, 2.45) is 0 Å². The molecular weight excluding hydrogens is 160 g/mol.